The third-order valence-electron chi connectivity index (χ3n) is 3.69. The van der Waals surface area contributed by atoms with E-state index in [1.807, 2.05) is 35.7 Å². The highest BCUT2D eigenvalue weighted by Gasteiger charge is 2.50. The Morgan fingerprint density at radius 1 is 1.22 bits per heavy atom. The van der Waals surface area contributed by atoms with Crippen LogP contribution < -0.4 is 5.73 Å². The van der Waals surface area contributed by atoms with Crippen LogP contribution in [0.3, 0.4) is 0 Å². The van der Waals surface area contributed by atoms with Crippen LogP contribution in [0.1, 0.15) is 24.0 Å². The van der Waals surface area contributed by atoms with Gasteiger partial charge in [0.2, 0.25) is 0 Å². The number of nitrogen functional groups attached to an aromatic ring is 1. The molecule has 18 heavy (non-hydrogen) atoms. The molecule has 1 heterocycles. The van der Waals surface area contributed by atoms with Crippen molar-refractivity contribution in [3.63, 3.8) is 0 Å². The number of ketones is 1. The molecular weight excluding hydrogens is 242 g/mol. The fourth-order valence-electron chi connectivity index (χ4n) is 2.40. The molecule has 0 atom stereocenters. The van der Waals surface area contributed by atoms with E-state index in [1.54, 1.807) is 11.3 Å². The molecule has 0 spiro atoms. The van der Waals surface area contributed by atoms with E-state index in [2.05, 4.69) is 5.38 Å². The summed E-state index contributed by atoms with van der Waals surface area (Å²) in [5, 5.41) is 4.07. The van der Waals surface area contributed by atoms with Gasteiger partial charge in [0, 0.05) is 12.1 Å². The Kier molecular flexibility index (Phi) is 2.71. The standard InChI is InChI=1S/C15H15NOS/c16-13-3-1-12(2-4-13)15(6-7-15)14(17)9-11-5-8-18-10-11/h1-5,8,10H,6-7,9,16H2. The minimum absolute atomic E-state index is 0.227. The fraction of sp³-hybridized carbons (Fsp3) is 0.267. The molecule has 92 valence electrons. The Morgan fingerprint density at radius 3 is 2.50 bits per heavy atom. The molecule has 1 saturated carbocycles. The molecule has 0 saturated heterocycles. The van der Waals surface area contributed by atoms with Gasteiger partial charge in [-0.1, -0.05) is 12.1 Å². The van der Waals surface area contributed by atoms with Crippen LogP contribution in [0.4, 0.5) is 5.69 Å². The van der Waals surface area contributed by atoms with Crippen molar-refractivity contribution < 1.29 is 4.79 Å². The van der Waals surface area contributed by atoms with E-state index in [0.29, 0.717) is 12.2 Å². The highest BCUT2D eigenvalue weighted by molar-refractivity contribution is 7.08. The Bertz CT molecular complexity index is 553. The van der Waals surface area contributed by atoms with Gasteiger partial charge in [0.25, 0.3) is 0 Å². The highest BCUT2D eigenvalue weighted by atomic mass is 32.1. The molecule has 1 aliphatic rings. The molecule has 0 radical (unpaired) electrons. The smallest absolute Gasteiger partial charge is 0.147 e. The zero-order chi connectivity index (χ0) is 12.6. The number of Topliss-reactive ketones (excluding diaryl/α,β-unsaturated/α-hetero) is 1. The number of hydrogen-bond donors (Lipinski definition) is 1. The number of rotatable bonds is 4. The zero-order valence-corrected chi connectivity index (χ0v) is 10.9. The van der Waals surface area contributed by atoms with E-state index in [1.165, 1.54) is 0 Å². The number of thiophene rings is 1. The average molecular weight is 257 g/mol. The number of benzene rings is 1. The summed E-state index contributed by atoms with van der Waals surface area (Å²) < 4.78 is 0. The largest absolute Gasteiger partial charge is 0.399 e. The predicted molar refractivity (Wildman–Crippen MR) is 74.8 cm³/mol. The lowest BCUT2D eigenvalue weighted by atomic mass is 9.88. The second kappa shape index (κ2) is 4.25. The van der Waals surface area contributed by atoms with Crippen molar-refractivity contribution in [1.29, 1.82) is 0 Å². The van der Waals surface area contributed by atoms with Crippen LogP contribution in [0.15, 0.2) is 41.1 Å². The van der Waals surface area contributed by atoms with E-state index in [4.69, 9.17) is 5.73 Å². The first-order chi connectivity index (χ1) is 8.71. The van der Waals surface area contributed by atoms with Crippen molar-refractivity contribution in [2.75, 3.05) is 5.73 Å². The molecule has 0 amide bonds. The molecule has 0 bridgehead atoms. The molecule has 1 aromatic carbocycles. The lowest BCUT2D eigenvalue weighted by Crippen LogP contribution is -2.22. The maximum absolute atomic E-state index is 12.5. The Hall–Kier alpha value is -1.61. The van der Waals surface area contributed by atoms with Crippen molar-refractivity contribution in [1.82, 2.24) is 0 Å². The molecule has 1 aliphatic carbocycles. The molecular formula is C15H15NOS. The third kappa shape index (κ3) is 1.95. The molecule has 0 unspecified atom stereocenters. The minimum Gasteiger partial charge on any atom is -0.399 e. The molecule has 3 rings (SSSR count). The number of anilines is 1. The maximum Gasteiger partial charge on any atom is 0.147 e. The summed E-state index contributed by atoms with van der Waals surface area (Å²) in [6.45, 7) is 0. The highest BCUT2D eigenvalue weighted by Crippen LogP contribution is 2.49. The van der Waals surface area contributed by atoms with Gasteiger partial charge >= 0.3 is 0 Å². The van der Waals surface area contributed by atoms with Gasteiger partial charge in [0.15, 0.2) is 0 Å². The van der Waals surface area contributed by atoms with Gasteiger partial charge in [-0.15, -0.1) is 0 Å². The van der Waals surface area contributed by atoms with Crippen molar-refractivity contribution >= 4 is 22.8 Å². The summed E-state index contributed by atoms with van der Waals surface area (Å²) in [6, 6.07) is 9.78. The molecule has 3 heteroatoms. The van der Waals surface area contributed by atoms with Gasteiger partial charge in [0.05, 0.1) is 5.41 Å². The van der Waals surface area contributed by atoms with Gasteiger partial charge in [-0.2, -0.15) is 11.3 Å². The quantitative estimate of drug-likeness (QED) is 0.855. The van der Waals surface area contributed by atoms with Gasteiger partial charge in [-0.25, -0.2) is 0 Å². The van der Waals surface area contributed by atoms with Crippen molar-refractivity contribution in [2.24, 2.45) is 0 Å². The summed E-state index contributed by atoms with van der Waals surface area (Å²) in [4.78, 5) is 12.5. The summed E-state index contributed by atoms with van der Waals surface area (Å²) in [7, 11) is 0. The predicted octanol–water partition coefficient (Wildman–Crippen LogP) is 3.17. The Labute approximate surface area is 110 Å². The van der Waals surface area contributed by atoms with Crippen LogP contribution in [0, 0.1) is 0 Å². The van der Waals surface area contributed by atoms with E-state index >= 15 is 0 Å². The number of hydrogen-bond acceptors (Lipinski definition) is 3. The number of carbonyl (C=O) groups excluding carboxylic acids is 1. The monoisotopic (exact) mass is 257 g/mol. The second-order valence-electron chi connectivity index (χ2n) is 4.94. The third-order valence-corrected chi connectivity index (χ3v) is 4.42. The first-order valence-electron chi connectivity index (χ1n) is 6.11. The van der Waals surface area contributed by atoms with E-state index < -0.39 is 0 Å². The number of nitrogens with two attached hydrogens (primary N) is 1. The van der Waals surface area contributed by atoms with Crippen molar-refractivity contribution in [3.05, 3.63) is 52.2 Å². The van der Waals surface area contributed by atoms with Gasteiger partial charge < -0.3 is 5.73 Å². The van der Waals surface area contributed by atoms with E-state index in [0.717, 1.165) is 29.7 Å². The summed E-state index contributed by atoms with van der Waals surface area (Å²) >= 11 is 1.64. The normalized spacial score (nSPS) is 16.4. The van der Waals surface area contributed by atoms with Gasteiger partial charge in [0.1, 0.15) is 5.78 Å². The summed E-state index contributed by atoms with van der Waals surface area (Å²) in [6.07, 6.45) is 2.49. The molecule has 0 aliphatic heterocycles. The molecule has 2 nitrogen and oxygen atoms in total. The van der Waals surface area contributed by atoms with Gasteiger partial charge in [-0.3, -0.25) is 4.79 Å². The van der Waals surface area contributed by atoms with Crippen LogP contribution in [0.25, 0.3) is 0 Å². The van der Waals surface area contributed by atoms with Crippen LogP contribution >= 0.6 is 11.3 Å². The SMILES string of the molecule is Nc1ccc(C2(C(=O)Cc3ccsc3)CC2)cc1. The Balaban J connectivity index is 1.82. The summed E-state index contributed by atoms with van der Waals surface area (Å²) in [5.41, 5.74) is 8.47. The zero-order valence-electron chi connectivity index (χ0n) is 10.1. The number of carbonyl (C=O) groups is 1. The van der Waals surface area contributed by atoms with Gasteiger partial charge in [-0.05, 0) is 52.9 Å². The first-order valence-corrected chi connectivity index (χ1v) is 7.05. The lowest BCUT2D eigenvalue weighted by Gasteiger charge is -2.14. The molecule has 2 N–H and O–H groups in total. The molecule has 2 aromatic rings. The summed E-state index contributed by atoms with van der Waals surface area (Å²) in [5.74, 6) is 0.339. The average Bonchev–Trinajstić information content (AvgIpc) is 3.03. The minimum atomic E-state index is -0.227. The van der Waals surface area contributed by atoms with Crippen LogP contribution in [0.5, 0.6) is 0 Å². The van der Waals surface area contributed by atoms with Crippen LogP contribution in [-0.2, 0) is 16.6 Å². The Morgan fingerprint density at radius 2 is 1.94 bits per heavy atom. The van der Waals surface area contributed by atoms with Crippen molar-refractivity contribution in [3.8, 4) is 0 Å². The fourth-order valence-corrected chi connectivity index (χ4v) is 3.07. The first kappa shape index (κ1) is 11.5. The van der Waals surface area contributed by atoms with Crippen LogP contribution in [0.2, 0.25) is 0 Å². The molecule has 1 aromatic heterocycles. The molecule has 1 fully saturated rings. The topological polar surface area (TPSA) is 43.1 Å². The second-order valence-corrected chi connectivity index (χ2v) is 5.72. The maximum atomic E-state index is 12.5. The lowest BCUT2D eigenvalue weighted by molar-refractivity contribution is -0.120. The van der Waals surface area contributed by atoms with E-state index in [-0.39, 0.29) is 5.41 Å². The van der Waals surface area contributed by atoms with Crippen LogP contribution in [-0.4, -0.2) is 5.78 Å². The van der Waals surface area contributed by atoms with E-state index in [9.17, 15) is 4.79 Å². The van der Waals surface area contributed by atoms with Crippen molar-refractivity contribution in [2.45, 2.75) is 24.7 Å².